The first kappa shape index (κ1) is 24.7. The Labute approximate surface area is 176 Å². The molecule has 6 nitrogen and oxygen atoms in total. The van der Waals surface area contributed by atoms with Crippen molar-refractivity contribution in [3.63, 3.8) is 0 Å². The summed E-state index contributed by atoms with van der Waals surface area (Å²) in [5, 5.41) is 10.9. The Hall–Kier alpha value is -3.57. The molecule has 0 saturated heterocycles. The number of hydrogen-bond acceptors (Lipinski definition) is 4. The molecule has 0 bridgehead atoms. The van der Waals surface area contributed by atoms with E-state index in [-0.39, 0.29) is 24.8 Å². The van der Waals surface area contributed by atoms with Gasteiger partial charge in [-0.15, -0.1) is 0 Å². The lowest BCUT2D eigenvalue weighted by molar-refractivity contribution is -0.150. The van der Waals surface area contributed by atoms with Crippen molar-refractivity contribution < 1.29 is 50.6 Å². The zero-order valence-corrected chi connectivity index (χ0v) is 16.0. The summed E-state index contributed by atoms with van der Waals surface area (Å²) in [5.41, 5.74) is -3.98. The van der Waals surface area contributed by atoms with Crippen LogP contribution >= 0.6 is 0 Å². The van der Waals surface area contributed by atoms with E-state index in [9.17, 15) is 45.8 Å². The van der Waals surface area contributed by atoms with Crippen molar-refractivity contribution in [3.05, 3.63) is 70.8 Å². The van der Waals surface area contributed by atoms with Crippen molar-refractivity contribution in [3.8, 4) is 0 Å². The first-order valence-corrected chi connectivity index (χ1v) is 8.80. The highest BCUT2D eigenvalue weighted by atomic mass is 19.4. The predicted octanol–water partition coefficient (Wildman–Crippen LogP) is 4.04. The third kappa shape index (κ3) is 7.00. The number of carboxylic acids is 1. The molecule has 2 aromatic carbocycles. The van der Waals surface area contributed by atoms with Gasteiger partial charge in [-0.2, -0.15) is 26.3 Å². The molecule has 0 radical (unpaired) electrons. The van der Waals surface area contributed by atoms with Gasteiger partial charge in [0.2, 0.25) is 0 Å². The summed E-state index contributed by atoms with van der Waals surface area (Å²) in [4.78, 5) is 35.4. The van der Waals surface area contributed by atoms with Crippen LogP contribution in [0.4, 0.5) is 26.3 Å². The maximum absolute atomic E-state index is 12.9. The van der Waals surface area contributed by atoms with E-state index in [1.54, 1.807) is 35.6 Å². The summed E-state index contributed by atoms with van der Waals surface area (Å²) in [7, 11) is 0. The van der Waals surface area contributed by atoms with Crippen LogP contribution in [0.15, 0.2) is 48.5 Å². The van der Waals surface area contributed by atoms with E-state index in [1.807, 2.05) is 0 Å². The highest BCUT2D eigenvalue weighted by Gasteiger charge is 2.38. The maximum atomic E-state index is 12.9. The lowest BCUT2D eigenvalue weighted by atomic mass is 10.0. The number of carbonyl (C=O) groups is 3. The Kier molecular flexibility index (Phi) is 7.49. The number of alkyl halides is 6. The molecule has 0 heterocycles. The van der Waals surface area contributed by atoms with Gasteiger partial charge >= 0.3 is 24.3 Å². The molecule has 2 rings (SSSR count). The first-order chi connectivity index (χ1) is 14.8. The van der Waals surface area contributed by atoms with Crippen LogP contribution in [-0.2, 0) is 33.3 Å². The quantitative estimate of drug-likeness (QED) is 0.478. The second-order valence-corrected chi connectivity index (χ2v) is 6.51. The van der Waals surface area contributed by atoms with Gasteiger partial charge in [0, 0.05) is 5.56 Å². The Balaban J connectivity index is 2.16. The fraction of sp³-hybridized carbons (Fsp3) is 0.250. The van der Waals surface area contributed by atoms with E-state index in [0.717, 1.165) is 0 Å². The van der Waals surface area contributed by atoms with E-state index in [0.29, 0.717) is 5.56 Å². The van der Waals surface area contributed by atoms with Crippen LogP contribution in [0, 0.1) is 0 Å². The van der Waals surface area contributed by atoms with Crippen molar-refractivity contribution >= 4 is 17.8 Å². The molecule has 1 atom stereocenters. The highest BCUT2D eigenvalue weighted by Crippen LogP contribution is 2.36. The fourth-order valence-electron chi connectivity index (χ4n) is 2.49. The molecule has 0 unspecified atom stereocenters. The van der Waals surface area contributed by atoms with Crippen molar-refractivity contribution in [1.82, 2.24) is 5.32 Å². The Bertz CT molecular complexity index is 956. The number of amides is 1. The molecule has 0 aromatic heterocycles. The topological polar surface area (TPSA) is 92.7 Å². The number of rotatable bonds is 7. The van der Waals surface area contributed by atoms with E-state index in [2.05, 4.69) is 0 Å². The van der Waals surface area contributed by atoms with Crippen molar-refractivity contribution in [2.75, 3.05) is 0 Å². The minimum absolute atomic E-state index is 0.150. The van der Waals surface area contributed by atoms with E-state index < -0.39 is 59.4 Å². The number of aliphatic carboxylic acids is 1. The molecule has 0 saturated carbocycles. The molecule has 2 aromatic rings. The summed E-state index contributed by atoms with van der Waals surface area (Å²) in [5.74, 6) is -4.33. The van der Waals surface area contributed by atoms with Gasteiger partial charge in [0.05, 0.1) is 17.5 Å². The number of halogens is 6. The zero-order chi connectivity index (χ0) is 24.1. The zero-order valence-electron chi connectivity index (χ0n) is 16.0. The van der Waals surface area contributed by atoms with Gasteiger partial charge in [-0.3, -0.25) is 9.59 Å². The van der Waals surface area contributed by atoms with Crippen LogP contribution in [0.1, 0.15) is 33.5 Å². The number of ether oxygens (including phenoxy) is 1. The van der Waals surface area contributed by atoms with Crippen molar-refractivity contribution in [2.45, 2.75) is 31.4 Å². The van der Waals surface area contributed by atoms with Crippen LogP contribution < -0.4 is 5.32 Å². The van der Waals surface area contributed by atoms with Crippen LogP contribution in [-0.4, -0.2) is 29.0 Å². The van der Waals surface area contributed by atoms with E-state index >= 15 is 0 Å². The first-order valence-electron chi connectivity index (χ1n) is 8.80. The number of carboxylic acid groups (broad SMARTS) is 1. The van der Waals surface area contributed by atoms with E-state index in [4.69, 9.17) is 4.74 Å². The third-order valence-electron chi connectivity index (χ3n) is 4.07. The Morgan fingerprint density at radius 1 is 0.906 bits per heavy atom. The number of carbonyl (C=O) groups excluding carboxylic acids is 2. The second kappa shape index (κ2) is 9.71. The molecular formula is C20H15F6NO5. The minimum Gasteiger partial charge on any atom is -0.480 e. The lowest BCUT2D eigenvalue weighted by Crippen LogP contribution is -2.42. The van der Waals surface area contributed by atoms with Crippen LogP contribution in [0.5, 0.6) is 0 Å². The number of benzene rings is 2. The van der Waals surface area contributed by atoms with Gasteiger partial charge in [0.15, 0.2) is 0 Å². The average molecular weight is 463 g/mol. The standard InChI is InChI=1S/C20H15F6NO5/c21-19(22,23)13-6-12(7-14(8-13)20(24,25)26)17(29)27-15(18(30)31)9-16(28)32-10-11-4-2-1-3-5-11/h1-8,15H,9-10H2,(H,27,29)(H,30,31)/t15-/m0/s1. The van der Waals surface area contributed by atoms with Gasteiger partial charge in [0.1, 0.15) is 12.6 Å². The van der Waals surface area contributed by atoms with Crippen LogP contribution in [0.3, 0.4) is 0 Å². The Morgan fingerprint density at radius 3 is 1.91 bits per heavy atom. The summed E-state index contributed by atoms with van der Waals surface area (Å²) in [6.45, 7) is -0.206. The van der Waals surface area contributed by atoms with Gasteiger partial charge in [-0.25, -0.2) is 4.79 Å². The van der Waals surface area contributed by atoms with Crippen molar-refractivity contribution in [1.29, 1.82) is 0 Å². The normalized spacial score (nSPS) is 12.7. The fourth-order valence-corrected chi connectivity index (χ4v) is 2.49. The summed E-state index contributed by atoms with van der Waals surface area (Å²) < 4.78 is 82.5. The third-order valence-corrected chi connectivity index (χ3v) is 4.07. The van der Waals surface area contributed by atoms with E-state index in [1.165, 1.54) is 0 Å². The summed E-state index contributed by atoms with van der Waals surface area (Å²) >= 11 is 0. The van der Waals surface area contributed by atoms with Gasteiger partial charge in [0.25, 0.3) is 5.91 Å². The van der Waals surface area contributed by atoms with Crippen LogP contribution in [0.2, 0.25) is 0 Å². The van der Waals surface area contributed by atoms with Crippen molar-refractivity contribution in [2.24, 2.45) is 0 Å². The number of hydrogen-bond donors (Lipinski definition) is 2. The maximum Gasteiger partial charge on any atom is 0.416 e. The van der Waals surface area contributed by atoms with Gasteiger partial charge in [-0.1, -0.05) is 30.3 Å². The summed E-state index contributed by atoms with van der Waals surface area (Å²) in [6, 6.07) is 6.45. The summed E-state index contributed by atoms with van der Waals surface area (Å²) in [6.07, 6.45) is -11.3. The smallest absolute Gasteiger partial charge is 0.416 e. The molecular weight excluding hydrogens is 448 g/mol. The molecule has 32 heavy (non-hydrogen) atoms. The molecule has 12 heteroatoms. The Morgan fingerprint density at radius 2 is 1.44 bits per heavy atom. The highest BCUT2D eigenvalue weighted by molar-refractivity contribution is 5.97. The molecule has 172 valence electrons. The molecule has 0 aliphatic heterocycles. The largest absolute Gasteiger partial charge is 0.480 e. The monoisotopic (exact) mass is 463 g/mol. The lowest BCUT2D eigenvalue weighted by Gasteiger charge is -2.17. The molecule has 1 amide bonds. The second-order valence-electron chi connectivity index (χ2n) is 6.51. The predicted molar refractivity (Wildman–Crippen MR) is 96.2 cm³/mol. The molecule has 0 aliphatic carbocycles. The van der Waals surface area contributed by atoms with Crippen LogP contribution in [0.25, 0.3) is 0 Å². The molecule has 0 aliphatic rings. The van der Waals surface area contributed by atoms with Gasteiger partial charge < -0.3 is 15.2 Å². The molecule has 0 fully saturated rings. The molecule has 0 spiro atoms. The average Bonchev–Trinajstić information content (AvgIpc) is 2.70. The number of nitrogens with one attached hydrogen (secondary N) is 1. The minimum atomic E-state index is -5.19. The number of esters is 1. The molecule has 2 N–H and O–H groups in total. The van der Waals surface area contributed by atoms with Gasteiger partial charge in [-0.05, 0) is 23.8 Å². The SMILES string of the molecule is O=C(C[C@H](NC(=O)c1cc(C(F)(F)F)cc(C(F)(F)F)c1)C(=O)O)OCc1ccccc1.